The highest BCUT2D eigenvalue weighted by atomic mass is 32.2. The van der Waals surface area contributed by atoms with Crippen molar-refractivity contribution in [3.8, 4) is 0 Å². The molecule has 0 fully saturated rings. The summed E-state index contributed by atoms with van der Waals surface area (Å²) in [5, 5.41) is 0. The minimum Gasteiger partial charge on any atom is -0.326 e. The van der Waals surface area contributed by atoms with Crippen LogP contribution in [0.1, 0.15) is 21.7 Å². The summed E-state index contributed by atoms with van der Waals surface area (Å²) in [4.78, 5) is 2.10. The number of aryl methyl sites for hydroxylation is 2. The van der Waals surface area contributed by atoms with Gasteiger partial charge >= 0.3 is 0 Å². The van der Waals surface area contributed by atoms with Crippen molar-refractivity contribution < 1.29 is 8.42 Å². The number of sulfonamides is 1. The first kappa shape index (κ1) is 14.6. The Bertz CT molecular complexity index is 766. The Hall–Kier alpha value is -1.37. The Morgan fingerprint density at radius 3 is 2.81 bits per heavy atom. The molecule has 3 rings (SSSR count). The summed E-state index contributed by atoms with van der Waals surface area (Å²) in [6.07, 6.45) is 1.78. The van der Waals surface area contributed by atoms with E-state index in [9.17, 15) is 8.42 Å². The Kier molecular flexibility index (Phi) is 3.77. The van der Waals surface area contributed by atoms with Crippen molar-refractivity contribution in [3.05, 3.63) is 45.6 Å². The van der Waals surface area contributed by atoms with E-state index in [4.69, 9.17) is 5.73 Å². The lowest BCUT2D eigenvalue weighted by Crippen LogP contribution is -2.35. The lowest BCUT2D eigenvalue weighted by molar-refractivity contribution is 0.586. The van der Waals surface area contributed by atoms with Crippen LogP contribution in [0.4, 0.5) is 5.69 Å². The predicted octanol–water partition coefficient (Wildman–Crippen LogP) is 2.66. The van der Waals surface area contributed by atoms with Crippen molar-refractivity contribution in [1.82, 2.24) is 0 Å². The molecule has 0 bridgehead atoms. The first-order valence-electron chi connectivity index (χ1n) is 6.94. The number of fused-ring (bicyclic) bond motifs is 1. The van der Waals surface area contributed by atoms with Crippen LogP contribution < -0.4 is 10.0 Å². The largest absolute Gasteiger partial charge is 0.326 e. The van der Waals surface area contributed by atoms with E-state index >= 15 is 0 Å². The van der Waals surface area contributed by atoms with Gasteiger partial charge in [0.1, 0.15) is 4.90 Å². The summed E-state index contributed by atoms with van der Waals surface area (Å²) in [5.74, 6) is 0. The first-order chi connectivity index (χ1) is 10.0. The lowest BCUT2D eigenvalue weighted by Gasteiger charge is -2.30. The molecule has 2 heterocycles. The van der Waals surface area contributed by atoms with Crippen molar-refractivity contribution in [3.63, 3.8) is 0 Å². The normalized spacial score (nSPS) is 15.0. The van der Waals surface area contributed by atoms with Gasteiger partial charge < -0.3 is 5.73 Å². The second-order valence-corrected chi connectivity index (χ2v) is 8.32. The van der Waals surface area contributed by atoms with Gasteiger partial charge in [-0.25, -0.2) is 8.42 Å². The molecule has 4 nitrogen and oxygen atoms in total. The number of hydrogen-bond donors (Lipinski definition) is 1. The van der Waals surface area contributed by atoms with Crippen molar-refractivity contribution in [2.45, 2.75) is 31.2 Å². The smallest absolute Gasteiger partial charge is 0.265 e. The molecule has 0 atom stereocenters. The Balaban J connectivity index is 2.09. The number of benzene rings is 1. The summed E-state index contributed by atoms with van der Waals surface area (Å²) < 4.78 is 27.5. The number of hydrogen-bond acceptors (Lipinski definition) is 4. The van der Waals surface area contributed by atoms with Crippen LogP contribution in [0.25, 0.3) is 0 Å². The zero-order valence-electron chi connectivity index (χ0n) is 11.9. The van der Waals surface area contributed by atoms with Crippen LogP contribution in [0.2, 0.25) is 0 Å². The molecule has 2 N–H and O–H groups in total. The van der Waals surface area contributed by atoms with Gasteiger partial charge in [-0.05, 0) is 37.5 Å². The molecule has 0 radical (unpaired) electrons. The Morgan fingerprint density at radius 2 is 2.10 bits per heavy atom. The number of anilines is 1. The number of thiophene rings is 1. The molecule has 1 aromatic heterocycles. The third kappa shape index (κ3) is 2.47. The van der Waals surface area contributed by atoms with Gasteiger partial charge in [-0.2, -0.15) is 0 Å². The minimum atomic E-state index is -3.51. The molecule has 0 amide bonds. The molecule has 2 aromatic rings. The zero-order chi connectivity index (χ0) is 15.0. The predicted molar refractivity (Wildman–Crippen MR) is 86.2 cm³/mol. The van der Waals surface area contributed by atoms with Gasteiger partial charge in [-0.15, -0.1) is 11.3 Å². The molecule has 0 unspecified atom stereocenters. The molecule has 6 heteroatoms. The summed E-state index contributed by atoms with van der Waals surface area (Å²) >= 11 is 1.46. The molecule has 0 saturated heterocycles. The second-order valence-electron chi connectivity index (χ2n) is 5.15. The van der Waals surface area contributed by atoms with Crippen molar-refractivity contribution in [2.24, 2.45) is 5.73 Å². The lowest BCUT2D eigenvalue weighted by atomic mass is 10.0. The molecular formula is C15H18N2O2S2. The van der Waals surface area contributed by atoms with E-state index < -0.39 is 10.0 Å². The number of rotatable bonds is 3. The topological polar surface area (TPSA) is 63.4 Å². The van der Waals surface area contributed by atoms with Crippen molar-refractivity contribution >= 4 is 27.0 Å². The summed E-state index contributed by atoms with van der Waals surface area (Å²) in [5.41, 5.74) is 7.54. The average Bonchev–Trinajstić information content (AvgIpc) is 2.88. The third-order valence-corrected chi connectivity index (χ3v) is 6.90. The van der Waals surface area contributed by atoms with E-state index in [-0.39, 0.29) is 0 Å². The van der Waals surface area contributed by atoms with Gasteiger partial charge in [0.05, 0.1) is 5.69 Å². The quantitative estimate of drug-likeness (QED) is 0.945. The SMILES string of the molecule is Cc1sc(CN)cc1S(=O)(=O)N1CCCc2ccccc21. The van der Waals surface area contributed by atoms with Gasteiger partial charge in [-0.3, -0.25) is 4.31 Å². The molecule has 21 heavy (non-hydrogen) atoms. The van der Waals surface area contributed by atoms with E-state index in [1.807, 2.05) is 31.2 Å². The summed E-state index contributed by atoms with van der Waals surface area (Å²) in [6, 6.07) is 9.45. The fourth-order valence-corrected chi connectivity index (χ4v) is 5.78. The maximum absolute atomic E-state index is 13.0. The first-order valence-corrected chi connectivity index (χ1v) is 9.19. The van der Waals surface area contributed by atoms with Crippen LogP contribution in [-0.2, 0) is 23.0 Å². The second kappa shape index (κ2) is 5.44. The van der Waals surface area contributed by atoms with Gasteiger partial charge in [0.2, 0.25) is 0 Å². The minimum absolute atomic E-state index is 0.373. The monoisotopic (exact) mass is 322 g/mol. The standard InChI is InChI=1S/C15H18N2O2S2/c1-11-15(9-13(10-16)20-11)21(18,19)17-8-4-6-12-5-2-3-7-14(12)17/h2-3,5,7,9H,4,6,8,10,16H2,1H3. The van der Waals surface area contributed by atoms with Crippen molar-refractivity contribution in [2.75, 3.05) is 10.8 Å². The summed E-state index contributed by atoms with van der Waals surface area (Å²) in [7, 11) is -3.51. The highest BCUT2D eigenvalue weighted by Crippen LogP contribution is 2.34. The Morgan fingerprint density at radius 1 is 1.33 bits per heavy atom. The van der Waals surface area contributed by atoms with Crippen molar-refractivity contribution in [1.29, 1.82) is 0 Å². The van der Waals surface area contributed by atoms with E-state index in [1.165, 1.54) is 11.3 Å². The summed E-state index contributed by atoms with van der Waals surface area (Å²) in [6.45, 7) is 2.75. The highest BCUT2D eigenvalue weighted by Gasteiger charge is 2.31. The zero-order valence-corrected chi connectivity index (χ0v) is 13.5. The molecular weight excluding hydrogens is 304 g/mol. The van der Waals surface area contributed by atoms with Gasteiger partial charge in [-0.1, -0.05) is 18.2 Å². The van der Waals surface area contributed by atoms with Crippen LogP contribution in [0.15, 0.2) is 35.2 Å². The fraction of sp³-hybridized carbons (Fsp3) is 0.333. The molecule has 1 aromatic carbocycles. The maximum Gasteiger partial charge on any atom is 0.265 e. The van der Waals surface area contributed by atoms with E-state index in [2.05, 4.69) is 0 Å². The molecule has 1 aliphatic rings. The van der Waals surface area contributed by atoms with Gasteiger partial charge in [0.25, 0.3) is 10.0 Å². The molecule has 0 spiro atoms. The molecule has 0 aliphatic carbocycles. The average molecular weight is 322 g/mol. The molecule has 0 saturated carbocycles. The molecule has 1 aliphatic heterocycles. The Labute approximate surface area is 129 Å². The number of nitrogens with two attached hydrogens (primary N) is 1. The highest BCUT2D eigenvalue weighted by molar-refractivity contribution is 7.93. The fourth-order valence-electron chi connectivity index (χ4n) is 2.75. The van der Waals surface area contributed by atoms with Gasteiger partial charge in [0.15, 0.2) is 0 Å². The van der Waals surface area contributed by atoms with Crippen LogP contribution in [0.5, 0.6) is 0 Å². The third-order valence-electron chi connectivity index (χ3n) is 3.76. The van der Waals surface area contributed by atoms with Crippen LogP contribution in [0.3, 0.4) is 0 Å². The van der Waals surface area contributed by atoms with E-state index in [1.54, 1.807) is 10.4 Å². The van der Waals surface area contributed by atoms with E-state index in [0.717, 1.165) is 33.8 Å². The number of nitrogens with zero attached hydrogens (tertiary/aromatic N) is 1. The maximum atomic E-state index is 13.0. The van der Waals surface area contributed by atoms with Crippen LogP contribution in [-0.4, -0.2) is 15.0 Å². The molecule has 112 valence electrons. The van der Waals surface area contributed by atoms with Crippen LogP contribution >= 0.6 is 11.3 Å². The number of para-hydroxylation sites is 1. The van der Waals surface area contributed by atoms with E-state index in [0.29, 0.717) is 18.0 Å². The van der Waals surface area contributed by atoms with Gasteiger partial charge in [0, 0.05) is 22.8 Å². The van der Waals surface area contributed by atoms with Crippen LogP contribution in [0, 0.1) is 6.92 Å².